The lowest BCUT2D eigenvalue weighted by Gasteiger charge is -2.09. The molecule has 0 bridgehead atoms. The Morgan fingerprint density at radius 2 is 2.05 bits per heavy atom. The summed E-state index contributed by atoms with van der Waals surface area (Å²) in [6, 6.07) is 9.66. The van der Waals surface area contributed by atoms with Crippen LogP contribution in [0.15, 0.2) is 42.7 Å². The minimum atomic E-state index is -0.116. The molecule has 5 nitrogen and oxygen atoms in total. The normalized spacial score (nSPS) is 10.4. The van der Waals surface area contributed by atoms with Crippen molar-refractivity contribution in [3.8, 4) is 0 Å². The van der Waals surface area contributed by atoms with E-state index in [2.05, 4.69) is 20.6 Å². The maximum atomic E-state index is 12.0. The first kappa shape index (κ1) is 15.0. The van der Waals surface area contributed by atoms with Gasteiger partial charge in [-0.2, -0.15) is 0 Å². The molecule has 0 unspecified atom stereocenters. The van der Waals surface area contributed by atoms with Gasteiger partial charge in [-0.05, 0) is 38.1 Å². The molecule has 0 saturated carbocycles. The summed E-state index contributed by atoms with van der Waals surface area (Å²) in [7, 11) is 0. The molecule has 1 amide bonds. The number of rotatable bonds is 6. The third-order valence-corrected chi connectivity index (χ3v) is 2.86. The minimum absolute atomic E-state index is 0.116. The van der Waals surface area contributed by atoms with Crippen LogP contribution >= 0.6 is 0 Å². The zero-order chi connectivity index (χ0) is 15.1. The SMILES string of the molecule is CC(C)Nc1ccc(C(=O)NCCc2ccccn2)cn1. The van der Waals surface area contributed by atoms with Crippen LogP contribution in [0.1, 0.15) is 29.9 Å². The first-order chi connectivity index (χ1) is 10.1. The van der Waals surface area contributed by atoms with E-state index in [1.165, 1.54) is 0 Å². The van der Waals surface area contributed by atoms with Crippen molar-refractivity contribution in [3.05, 3.63) is 54.0 Å². The summed E-state index contributed by atoms with van der Waals surface area (Å²) in [4.78, 5) is 20.4. The van der Waals surface area contributed by atoms with Gasteiger partial charge in [0, 0.05) is 37.1 Å². The lowest BCUT2D eigenvalue weighted by molar-refractivity contribution is 0.0954. The van der Waals surface area contributed by atoms with Crippen molar-refractivity contribution in [1.82, 2.24) is 15.3 Å². The van der Waals surface area contributed by atoms with Crippen LogP contribution < -0.4 is 10.6 Å². The summed E-state index contributed by atoms with van der Waals surface area (Å²) >= 11 is 0. The minimum Gasteiger partial charge on any atom is -0.368 e. The van der Waals surface area contributed by atoms with Crippen molar-refractivity contribution in [3.63, 3.8) is 0 Å². The first-order valence-electron chi connectivity index (χ1n) is 7.06. The van der Waals surface area contributed by atoms with E-state index in [1.807, 2.05) is 38.1 Å². The lowest BCUT2D eigenvalue weighted by atomic mass is 10.2. The van der Waals surface area contributed by atoms with E-state index in [9.17, 15) is 4.79 Å². The number of nitrogens with zero attached hydrogens (tertiary/aromatic N) is 2. The van der Waals surface area contributed by atoms with Crippen LogP contribution in [0.3, 0.4) is 0 Å². The van der Waals surface area contributed by atoms with Crippen LogP contribution in [0.25, 0.3) is 0 Å². The molecule has 2 N–H and O–H groups in total. The topological polar surface area (TPSA) is 66.9 Å². The number of carbonyl (C=O) groups excluding carboxylic acids is 1. The number of hydrogen-bond acceptors (Lipinski definition) is 4. The fraction of sp³-hybridized carbons (Fsp3) is 0.312. The predicted octanol–water partition coefficient (Wildman–Crippen LogP) is 2.27. The highest BCUT2D eigenvalue weighted by atomic mass is 16.1. The average molecular weight is 284 g/mol. The standard InChI is InChI=1S/C16H20N4O/c1-12(2)20-15-7-6-13(11-19-15)16(21)18-10-8-14-5-3-4-9-17-14/h3-7,9,11-12H,8,10H2,1-2H3,(H,18,21)(H,19,20). The van der Waals surface area contributed by atoms with Crippen molar-refractivity contribution < 1.29 is 4.79 Å². The van der Waals surface area contributed by atoms with Crippen LogP contribution in [-0.2, 0) is 6.42 Å². The molecule has 0 radical (unpaired) electrons. The van der Waals surface area contributed by atoms with E-state index < -0.39 is 0 Å². The Morgan fingerprint density at radius 1 is 1.19 bits per heavy atom. The smallest absolute Gasteiger partial charge is 0.252 e. The van der Waals surface area contributed by atoms with Gasteiger partial charge in [0.1, 0.15) is 5.82 Å². The third-order valence-electron chi connectivity index (χ3n) is 2.86. The van der Waals surface area contributed by atoms with Crippen LogP contribution in [0.5, 0.6) is 0 Å². The van der Waals surface area contributed by atoms with Gasteiger partial charge >= 0.3 is 0 Å². The summed E-state index contributed by atoms with van der Waals surface area (Å²) in [6.45, 7) is 4.64. The molecular formula is C16H20N4O. The fourth-order valence-corrected chi connectivity index (χ4v) is 1.86. The largest absolute Gasteiger partial charge is 0.368 e. The summed E-state index contributed by atoms with van der Waals surface area (Å²) < 4.78 is 0. The highest BCUT2D eigenvalue weighted by Gasteiger charge is 2.06. The molecule has 0 saturated heterocycles. The monoisotopic (exact) mass is 284 g/mol. The molecule has 0 spiro atoms. The zero-order valence-corrected chi connectivity index (χ0v) is 12.3. The third kappa shape index (κ3) is 4.87. The van der Waals surface area contributed by atoms with Crippen LogP contribution in [0.4, 0.5) is 5.82 Å². The summed E-state index contributed by atoms with van der Waals surface area (Å²) in [5.41, 5.74) is 1.53. The van der Waals surface area contributed by atoms with Crippen LogP contribution in [0.2, 0.25) is 0 Å². The van der Waals surface area contributed by atoms with Gasteiger partial charge in [-0.1, -0.05) is 6.07 Å². The van der Waals surface area contributed by atoms with E-state index in [4.69, 9.17) is 0 Å². The quantitative estimate of drug-likeness (QED) is 0.854. The molecule has 110 valence electrons. The molecule has 0 aliphatic rings. The summed E-state index contributed by atoms with van der Waals surface area (Å²) in [5.74, 6) is 0.657. The molecule has 0 aromatic carbocycles. The zero-order valence-electron chi connectivity index (χ0n) is 12.3. The van der Waals surface area contributed by atoms with Crippen molar-refractivity contribution in [2.75, 3.05) is 11.9 Å². The Hall–Kier alpha value is -2.43. The van der Waals surface area contributed by atoms with Gasteiger partial charge in [0.25, 0.3) is 5.91 Å². The van der Waals surface area contributed by atoms with E-state index in [-0.39, 0.29) is 5.91 Å². The number of hydrogen-bond donors (Lipinski definition) is 2. The number of anilines is 1. The van der Waals surface area contributed by atoms with Crippen molar-refractivity contribution in [1.29, 1.82) is 0 Å². The Morgan fingerprint density at radius 3 is 2.67 bits per heavy atom. The van der Waals surface area contributed by atoms with Gasteiger partial charge in [0.2, 0.25) is 0 Å². The number of carbonyl (C=O) groups is 1. The van der Waals surface area contributed by atoms with E-state index >= 15 is 0 Å². The molecule has 2 heterocycles. The molecule has 0 aliphatic heterocycles. The molecule has 0 atom stereocenters. The van der Waals surface area contributed by atoms with Gasteiger partial charge < -0.3 is 10.6 Å². The highest BCUT2D eigenvalue weighted by molar-refractivity contribution is 5.94. The average Bonchev–Trinajstić information content (AvgIpc) is 2.48. The van der Waals surface area contributed by atoms with Crippen molar-refractivity contribution >= 4 is 11.7 Å². The maximum absolute atomic E-state index is 12.0. The predicted molar refractivity (Wildman–Crippen MR) is 83.3 cm³/mol. The fourth-order valence-electron chi connectivity index (χ4n) is 1.86. The van der Waals surface area contributed by atoms with E-state index in [0.717, 1.165) is 11.5 Å². The molecule has 2 rings (SSSR count). The molecule has 2 aromatic heterocycles. The van der Waals surface area contributed by atoms with Gasteiger partial charge in [0.05, 0.1) is 5.56 Å². The molecule has 0 aliphatic carbocycles. The number of aromatic nitrogens is 2. The van der Waals surface area contributed by atoms with Crippen LogP contribution in [0, 0.1) is 0 Å². The molecule has 21 heavy (non-hydrogen) atoms. The second-order valence-corrected chi connectivity index (χ2v) is 5.06. The van der Waals surface area contributed by atoms with Gasteiger partial charge in [0.15, 0.2) is 0 Å². The second-order valence-electron chi connectivity index (χ2n) is 5.06. The van der Waals surface area contributed by atoms with Crippen molar-refractivity contribution in [2.45, 2.75) is 26.3 Å². The van der Waals surface area contributed by atoms with Gasteiger partial charge in [-0.3, -0.25) is 9.78 Å². The summed E-state index contributed by atoms with van der Waals surface area (Å²) in [5, 5.41) is 6.05. The maximum Gasteiger partial charge on any atom is 0.252 e. The second kappa shape index (κ2) is 7.38. The molecule has 5 heteroatoms. The van der Waals surface area contributed by atoms with Crippen LogP contribution in [-0.4, -0.2) is 28.5 Å². The Balaban J connectivity index is 1.83. The van der Waals surface area contributed by atoms with Crippen molar-refractivity contribution in [2.24, 2.45) is 0 Å². The molecule has 2 aromatic rings. The lowest BCUT2D eigenvalue weighted by Crippen LogP contribution is -2.26. The van der Waals surface area contributed by atoms with Gasteiger partial charge in [-0.25, -0.2) is 4.98 Å². The Labute approximate surface area is 124 Å². The molecular weight excluding hydrogens is 264 g/mol. The molecule has 0 fully saturated rings. The van der Waals surface area contributed by atoms with E-state index in [1.54, 1.807) is 18.5 Å². The number of amides is 1. The first-order valence-corrected chi connectivity index (χ1v) is 7.06. The number of nitrogens with one attached hydrogen (secondary N) is 2. The van der Waals surface area contributed by atoms with Gasteiger partial charge in [-0.15, -0.1) is 0 Å². The Bertz CT molecular complexity index is 567. The Kier molecular flexibility index (Phi) is 5.26. The number of pyridine rings is 2. The highest BCUT2D eigenvalue weighted by Crippen LogP contribution is 2.06. The summed E-state index contributed by atoms with van der Waals surface area (Å²) in [6.07, 6.45) is 4.05. The van der Waals surface area contributed by atoms with E-state index in [0.29, 0.717) is 24.6 Å².